The van der Waals surface area contributed by atoms with E-state index in [4.69, 9.17) is 9.41 Å². The van der Waals surface area contributed by atoms with Crippen molar-refractivity contribution in [3.8, 4) is 5.75 Å². The monoisotopic (exact) mass is 339 g/mol. The molecular formula is C19H21N3O3. The maximum Gasteiger partial charge on any atom is 0.348 e. The van der Waals surface area contributed by atoms with Crippen molar-refractivity contribution in [2.75, 3.05) is 0 Å². The molecule has 2 aromatic rings. The molecule has 0 amide bonds. The van der Waals surface area contributed by atoms with Crippen molar-refractivity contribution in [3.05, 3.63) is 63.2 Å². The lowest BCUT2D eigenvalue weighted by Crippen LogP contribution is -2.34. The largest absolute Gasteiger partial charge is 0.507 e. The number of nitrogens with zero attached hydrogens (tertiary/aromatic N) is 2. The van der Waals surface area contributed by atoms with E-state index in [1.54, 1.807) is 13.8 Å². The van der Waals surface area contributed by atoms with Gasteiger partial charge in [-0.1, -0.05) is 24.3 Å². The Balaban J connectivity index is 1.96. The Morgan fingerprint density at radius 3 is 2.80 bits per heavy atom. The molecule has 6 heteroatoms. The van der Waals surface area contributed by atoms with Crippen molar-refractivity contribution in [3.63, 3.8) is 0 Å². The lowest BCUT2D eigenvalue weighted by atomic mass is 9.89. The molecule has 6 nitrogen and oxygen atoms in total. The first-order valence-corrected chi connectivity index (χ1v) is 8.09. The Morgan fingerprint density at radius 1 is 1.36 bits per heavy atom. The van der Waals surface area contributed by atoms with Crippen LogP contribution in [0.1, 0.15) is 43.2 Å². The molecule has 1 aliphatic heterocycles. The van der Waals surface area contributed by atoms with Crippen LogP contribution in [0.2, 0.25) is 0 Å². The summed E-state index contributed by atoms with van der Waals surface area (Å²) in [5.74, 6) is 0.838. The van der Waals surface area contributed by atoms with Gasteiger partial charge in [0.15, 0.2) is 0 Å². The first kappa shape index (κ1) is 17.0. The first-order valence-electron chi connectivity index (χ1n) is 8.09. The molecule has 0 unspecified atom stereocenters. The fourth-order valence-corrected chi connectivity index (χ4v) is 2.98. The van der Waals surface area contributed by atoms with Crippen LogP contribution in [-0.4, -0.2) is 22.2 Å². The number of hydrogen-bond donors (Lipinski definition) is 2. The predicted molar refractivity (Wildman–Crippen MR) is 97.5 cm³/mol. The van der Waals surface area contributed by atoms with Gasteiger partial charge in [-0.25, -0.2) is 4.79 Å². The number of rotatable bonds is 2. The normalized spacial score (nSPS) is 16.2. The van der Waals surface area contributed by atoms with Gasteiger partial charge in [-0.05, 0) is 39.7 Å². The number of aromatic hydroxyl groups is 1. The van der Waals surface area contributed by atoms with Gasteiger partial charge in [0.2, 0.25) is 0 Å². The topological polar surface area (TPSA) is 87.2 Å². The van der Waals surface area contributed by atoms with E-state index >= 15 is 0 Å². The molecule has 0 fully saturated rings. The predicted octanol–water partition coefficient (Wildman–Crippen LogP) is 2.75. The summed E-state index contributed by atoms with van der Waals surface area (Å²) in [5, 5.41) is 14.3. The van der Waals surface area contributed by atoms with E-state index in [-0.39, 0.29) is 16.9 Å². The zero-order valence-corrected chi connectivity index (χ0v) is 14.8. The minimum absolute atomic E-state index is 0.0436. The van der Waals surface area contributed by atoms with Gasteiger partial charge in [-0.2, -0.15) is 5.10 Å². The van der Waals surface area contributed by atoms with E-state index in [0.717, 1.165) is 12.0 Å². The van der Waals surface area contributed by atoms with Crippen LogP contribution >= 0.6 is 0 Å². The van der Waals surface area contributed by atoms with Crippen LogP contribution in [0.15, 0.2) is 49.6 Å². The second-order valence-corrected chi connectivity index (χ2v) is 6.82. The molecule has 2 N–H and O–H groups in total. The van der Waals surface area contributed by atoms with Crippen LogP contribution < -0.4 is 11.1 Å². The molecule has 3 rings (SSSR count). The summed E-state index contributed by atoms with van der Waals surface area (Å²) in [4.78, 5) is 16.7. The zero-order valence-electron chi connectivity index (χ0n) is 14.8. The number of aryl methyl sites for hydroxylation is 1. The van der Waals surface area contributed by atoms with Crippen molar-refractivity contribution in [1.82, 2.24) is 5.43 Å². The second-order valence-electron chi connectivity index (χ2n) is 6.82. The maximum absolute atomic E-state index is 12.0. The Bertz CT molecular complexity index is 939. The Labute approximate surface area is 145 Å². The van der Waals surface area contributed by atoms with E-state index in [1.165, 1.54) is 11.6 Å². The standard InChI is InChI=1S/C19H21N3O3/c1-11-9-15(23)16(18(24)25-11)12(2)21-22-17-14-8-6-5-7-13(14)10-19(3,4)20-17/h5-9,23H,10H2,1-4H3,(H,20,22)/b21-12-. The van der Waals surface area contributed by atoms with Crippen LogP contribution in [-0.2, 0) is 6.42 Å². The van der Waals surface area contributed by atoms with Crippen molar-refractivity contribution in [1.29, 1.82) is 0 Å². The Kier molecular flexibility index (Phi) is 4.20. The van der Waals surface area contributed by atoms with E-state index in [9.17, 15) is 9.90 Å². The molecule has 0 spiro atoms. The minimum atomic E-state index is -0.619. The van der Waals surface area contributed by atoms with Crippen LogP contribution in [0, 0.1) is 6.92 Å². The molecule has 0 saturated heterocycles. The summed E-state index contributed by atoms with van der Waals surface area (Å²) in [7, 11) is 0. The highest BCUT2D eigenvalue weighted by Gasteiger charge is 2.26. The van der Waals surface area contributed by atoms with Crippen LogP contribution in [0.25, 0.3) is 0 Å². The fraction of sp³-hybridized carbons (Fsp3) is 0.316. The number of aliphatic imine (C=N–C) groups is 1. The van der Waals surface area contributed by atoms with Gasteiger partial charge < -0.3 is 9.52 Å². The Morgan fingerprint density at radius 2 is 2.08 bits per heavy atom. The molecule has 2 heterocycles. The summed E-state index contributed by atoms with van der Waals surface area (Å²) in [6.07, 6.45) is 0.847. The molecule has 1 aromatic carbocycles. The highest BCUT2D eigenvalue weighted by molar-refractivity contribution is 6.04. The first-order chi connectivity index (χ1) is 11.8. The highest BCUT2D eigenvalue weighted by Crippen LogP contribution is 2.26. The molecule has 0 bridgehead atoms. The molecule has 1 aliphatic rings. The lowest BCUT2D eigenvalue weighted by Gasteiger charge is -2.28. The quantitative estimate of drug-likeness (QED) is 0.650. The van der Waals surface area contributed by atoms with Crippen LogP contribution in [0.5, 0.6) is 5.75 Å². The number of hydrogen-bond acceptors (Lipinski definition) is 6. The Hall–Kier alpha value is -2.89. The number of amidine groups is 1. The summed E-state index contributed by atoms with van der Waals surface area (Å²) in [6, 6.07) is 9.41. The van der Waals surface area contributed by atoms with Gasteiger partial charge in [0, 0.05) is 11.6 Å². The number of nitrogens with one attached hydrogen (secondary N) is 1. The summed E-state index contributed by atoms with van der Waals surface area (Å²) >= 11 is 0. The smallest absolute Gasteiger partial charge is 0.348 e. The third kappa shape index (κ3) is 3.47. The summed E-state index contributed by atoms with van der Waals surface area (Å²) in [5.41, 5.74) is 4.63. The third-order valence-electron chi connectivity index (χ3n) is 4.06. The molecule has 1 aromatic heterocycles. The fourth-order valence-electron chi connectivity index (χ4n) is 2.98. The average Bonchev–Trinajstić information content (AvgIpc) is 2.50. The molecule has 0 radical (unpaired) electrons. The van der Waals surface area contributed by atoms with Gasteiger partial charge in [0.25, 0.3) is 0 Å². The molecule has 0 saturated carbocycles. The summed E-state index contributed by atoms with van der Waals surface area (Å²) < 4.78 is 5.04. The van der Waals surface area contributed by atoms with Gasteiger partial charge in [0.05, 0.1) is 11.3 Å². The molecular weight excluding hydrogens is 318 g/mol. The van der Waals surface area contributed by atoms with Gasteiger partial charge in [-0.3, -0.25) is 10.4 Å². The van der Waals surface area contributed by atoms with Gasteiger partial charge in [0.1, 0.15) is 22.9 Å². The van der Waals surface area contributed by atoms with Crippen molar-refractivity contribution in [2.45, 2.75) is 39.7 Å². The molecule has 25 heavy (non-hydrogen) atoms. The van der Waals surface area contributed by atoms with Crippen LogP contribution in [0.3, 0.4) is 0 Å². The second kappa shape index (κ2) is 6.20. The van der Waals surface area contributed by atoms with Crippen molar-refractivity contribution in [2.24, 2.45) is 10.1 Å². The van der Waals surface area contributed by atoms with Gasteiger partial charge >= 0.3 is 5.63 Å². The van der Waals surface area contributed by atoms with Gasteiger partial charge in [-0.15, -0.1) is 0 Å². The van der Waals surface area contributed by atoms with E-state index in [2.05, 4.69) is 30.4 Å². The number of hydrazone groups is 1. The number of fused-ring (bicyclic) bond motifs is 1. The maximum atomic E-state index is 12.0. The molecule has 0 aliphatic carbocycles. The summed E-state index contributed by atoms with van der Waals surface area (Å²) in [6.45, 7) is 7.35. The zero-order chi connectivity index (χ0) is 18.2. The van der Waals surface area contributed by atoms with Crippen molar-refractivity contribution >= 4 is 11.5 Å². The highest BCUT2D eigenvalue weighted by atomic mass is 16.4. The van der Waals surface area contributed by atoms with E-state index in [0.29, 0.717) is 17.3 Å². The third-order valence-corrected chi connectivity index (χ3v) is 4.06. The minimum Gasteiger partial charge on any atom is -0.507 e. The average molecular weight is 339 g/mol. The lowest BCUT2D eigenvalue weighted by molar-refractivity contribution is 0.432. The van der Waals surface area contributed by atoms with E-state index in [1.807, 2.05) is 18.2 Å². The molecule has 0 atom stereocenters. The number of benzene rings is 1. The molecule has 130 valence electrons. The van der Waals surface area contributed by atoms with E-state index < -0.39 is 5.63 Å². The van der Waals surface area contributed by atoms with Crippen molar-refractivity contribution < 1.29 is 9.52 Å². The van der Waals surface area contributed by atoms with Crippen LogP contribution in [0.4, 0.5) is 0 Å². The SMILES string of the molecule is C/C(=N/NC1=NC(C)(C)Cc2ccccc21)c1c(O)cc(C)oc1=O.